The molecule has 1 heteroatoms. The number of hydrogen-bond acceptors (Lipinski definition) is 1. The van der Waals surface area contributed by atoms with Crippen LogP contribution in [0, 0.1) is 6.92 Å². The molecule has 19 heavy (non-hydrogen) atoms. The normalized spacial score (nSPS) is 11.1. The molecule has 0 saturated heterocycles. The second-order valence-corrected chi connectivity index (χ2v) is 5.02. The van der Waals surface area contributed by atoms with Crippen molar-refractivity contribution in [2.24, 2.45) is 0 Å². The predicted octanol–water partition coefficient (Wildman–Crippen LogP) is 5.36. The first-order valence-electron chi connectivity index (χ1n) is 6.87. The molecule has 0 aliphatic rings. The van der Waals surface area contributed by atoms with Gasteiger partial charge in [-0.3, -0.25) is 0 Å². The van der Waals surface area contributed by atoms with E-state index in [9.17, 15) is 0 Å². The summed E-state index contributed by atoms with van der Waals surface area (Å²) >= 11 is 0. The lowest BCUT2D eigenvalue weighted by atomic mass is 9.99. The molecule has 0 atom stereocenters. The first kappa shape index (κ1) is 12.0. The summed E-state index contributed by atoms with van der Waals surface area (Å²) in [6, 6.07) is 16.9. The molecule has 1 nitrogen and oxygen atoms in total. The summed E-state index contributed by atoms with van der Waals surface area (Å²) in [5, 5.41) is 1.23. The number of fused-ring (bicyclic) bond motifs is 1. The molecule has 0 spiro atoms. The fourth-order valence-electron chi connectivity index (χ4n) is 2.59. The van der Waals surface area contributed by atoms with Crippen molar-refractivity contribution in [3.63, 3.8) is 0 Å². The van der Waals surface area contributed by atoms with Gasteiger partial charge in [0.1, 0.15) is 11.3 Å². The fourth-order valence-corrected chi connectivity index (χ4v) is 2.59. The highest BCUT2D eigenvalue weighted by atomic mass is 16.3. The minimum absolute atomic E-state index is 0.984. The first-order chi connectivity index (χ1) is 9.29. The van der Waals surface area contributed by atoms with E-state index < -0.39 is 0 Å². The van der Waals surface area contributed by atoms with Crippen LogP contribution < -0.4 is 0 Å². The highest BCUT2D eigenvalue weighted by molar-refractivity contribution is 5.96. The van der Waals surface area contributed by atoms with Gasteiger partial charge in [0.25, 0.3) is 0 Å². The summed E-state index contributed by atoms with van der Waals surface area (Å²) in [6.45, 7) is 4.31. The van der Waals surface area contributed by atoms with Crippen molar-refractivity contribution in [2.75, 3.05) is 0 Å². The minimum atomic E-state index is 0.984. The van der Waals surface area contributed by atoms with Crippen molar-refractivity contribution in [1.29, 1.82) is 0 Å². The van der Waals surface area contributed by atoms with Crippen LogP contribution in [-0.2, 0) is 6.42 Å². The molecular weight excluding hydrogens is 232 g/mol. The molecule has 0 radical (unpaired) electrons. The van der Waals surface area contributed by atoms with Crippen LogP contribution in [0.25, 0.3) is 22.1 Å². The molecular formula is C18H18O. The van der Waals surface area contributed by atoms with Crippen LogP contribution in [0.2, 0.25) is 0 Å². The highest BCUT2D eigenvalue weighted by Crippen LogP contribution is 2.35. The van der Waals surface area contributed by atoms with E-state index in [0.29, 0.717) is 0 Å². The summed E-state index contributed by atoms with van der Waals surface area (Å²) in [6.07, 6.45) is 2.08. The largest absolute Gasteiger partial charge is 0.460 e. The Morgan fingerprint density at radius 3 is 2.53 bits per heavy atom. The van der Waals surface area contributed by atoms with Gasteiger partial charge in [0.2, 0.25) is 0 Å². The average molecular weight is 250 g/mol. The van der Waals surface area contributed by atoms with E-state index in [0.717, 1.165) is 24.2 Å². The summed E-state index contributed by atoms with van der Waals surface area (Å²) in [4.78, 5) is 0. The summed E-state index contributed by atoms with van der Waals surface area (Å²) in [7, 11) is 0. The quantitative estimate of drug-likeness (QED) is 0.609. The standard InChI is InChI=1S/C18H18O/c1-3-7-17-18(14-8-5-4-6-9-14)15-12-13(2)10-11-16(15)19-17/h4-6,8-12H,3,7H2,1-2H3. The van der Waals surface area contributed by atoms with Crippen LogP contribution >= 0.6 is 0 Å². The zero-order valence-electron chi connectivity index (χ0n) is 11.4. The molecule has 2 aromatic carbocycles. The third-order valence-electron chi connectivity index (χ3n) is 3.46. The molecule has 1 aromatic heterocycles. The average Bonchev–Trinajstić information content (AvgIpc) is 2.77. The van der Waals surface area contributed by atoms with Gasteiger partial charge in [0, 0.05) is 17.4 Å². The Balaban J connectivity index is 2.30. The van der Waals surface area contributed by atoms with Crippen molar-refractivity contribution in [3.8, 4) is 11.1 Å². The first-order valence-corrected chi connectivity index (χ1v) is 6.87. The van der Waals surface area contributed by atoms with Gasteiger partial charge in [-0.1, -0.05) is 48.9 Å². The van der Waals surface area contributed by atoms with Crippen molar-refractivity contribution >= 4 is 11.0 Å². The van der Waals surface area contributed by atoms with E-state index >= 15 is 0 Å². The Bertz CT molecular complexity index is 692. The second kappa shape index (κ2) is 4.93. The Morgan fingerprint density at radius 1 is 1.00 bits per heavy atom. The Hall–Kier alpha value is -2.02. The summed E-state index contributed by atoms with van der Waals surface area (Å²) in [5.74, 6) is 1.11. The fraction of sp³-hybridized carbons (Fsp3) is 0.222. The van der Waals surface area contributed by atoms with Gasteiger partial charge in [-0.15, -0.1) is 0 Å². The Morgan fingerprint density at radius 2 is 1.79 bits per heavy atom. The maximum absolute atomic E-state index is 6.05. The van der Waals surface area contributed by atoms with Crippen LogP contribution in [0.5, 0.6) is 0 Å². The van der Waals surface area contributed by atoms with E-state index in [-0.39, 0.29) is 0 Å². The van der Waals surface area contributed by atoms with Crippen LogP contribution in [0.15, 0.2) is 52.9 Å². The summed E-state index contributed by atoms with van der Waals surface area (Å²) in [5.41, 5.74) is 4.78. The SMILES string of the molecule is CCCc1oc2ccc(C)cc2c1-c1ccccc1. The van der Waals surface area contributed by atoms with Crippen LogP contribution in [0.4, 0.5) is 0 Å². The molecule has 3 rings (SSSR count). The maximum Gasteiger partial charge on any atom is 0.134 e. The predicted molar refractivity (Wildman–Crippen MR) is 80.4 cm³/mol. The molecule has 0 saturated carbocycles. The molecule has 0 aliphatic heterocycles. The van der Waals surface area contributed by atoms with E-state index in [1.165, 1.54) is 22.1 Å². The van der Waals surface area contributed by atoms with Crippen LogP contribution in [0.1, 0.15) is 24.7 Å². The number of hydrogen-bond donors (Lipinski definition) is 0. The van der Waals surface area contributed by atoms with Gasteiger partial charge >= 0.3 is 0 Å². The summed E-state index contributed by atoms with van der Waals surface area (Å²) < 4.78 is 6.05. The van der Waals surface area contributed by atoms with Gasteiger partial charge < -0.3 is 4.42 Å². The lowest BCUT2D eigenvalue weighted by molar-refractivity contribution is 0.546. The van der Waals surface area contributed by atoms with E-state index in [1.54, 1.807) is 0 Å². The molecule has 0 N–H and O–H groups in total. The van der Waals surface area contributed by atoms with Gasteiger partial charge in [-0.25, -0.2) is 0 Å². The molecule has 0 fully saturated rings. The molecule has 0 amide bonds. The zero-order chi connectivity index (χ0) is 13.2. The third kappa shape index (κ3) is 2.17. The lowest BCUT2D eigenvalue weighted by Gasteiger charge is -2.02. The van der Waals surface area contributed by atoms with Gasteiger partial charge in [0.05, 0.1) is 0 Å². The highest BCUT2D eigenvalue weighted by Gasteiger charge is 2.15. The smallest absolute Gasteiger partial charge is 0.134 e. The van der Waals surface area contributed by atoms with Gasteiger partial charge in [-0.2, -0.15) is 0 Å². The van der Waals surface area contributed by atoms with E-state index in [1.807, 2.05) is 0 Å². The molecule has 0 aliphatic carbocycles. The monoisotopic (exact) mass is 250 g/mol. The molecule has 96 valence electrons. The minimum Gasteiger partial charge on any atom is -0.460 e. The maximum atomic E-state index is 6.05. The second-order valence-electron chi connectivity index (χ2n) is 5.02. The Kier molecular flexibility index (Phi) is 3.12. The van der Waals surface area contributed by atoms with E-state index in [2.05, 4.69) is 62.4 Å². The Labute approximate surface area is 113 Å². The van der Waals surface area contributed by atoms with Gasteiger partial charge in [-0.05, 0) is 31.0 Å². The molecule has 3 aromatic rings. The van der Waals surface area contributed by atoms with Crippen molar-refractivity contribution in [2.45, 2.75) is 26.7 Å². The van der Waals surface area contributed by atoms with Gasteiger partial charge in [0.15, 0.2) is 0 Å². The zero-order valence-corrected chi connectivity index (χ0v) is 11.4. The number of benzene rings is 2. The number of furan rings is 1. The van der Waals surface area contributed by atoms with Crippen LogP contribution in [0.3, 0.4) is 0 Å². The van der Waals surface area contributed by atoms with Crippen molar-refractivity contribution < 1.29 is 4.42 Å². The number of rotatable bonds is 3. The lowest BCUT2D eigenvalue weighted by Crippen LogP contribution is -1.84. The third-order valence-corrected chi connectivity index (χ3v) is 3.46. The molecule has 0 bridgehead atoms. The van der Waals surface area contributed by atoms with Crippen molar-refractivity contribution in [1.82, 2.24) is 0 Å². The van der Waals surface area contributed by atoms with Crippen molar-refractivity contribution in [3.05, 3.63) is 59.9 Å². The van der Waals surface area contributed by atoms with E-state index in [4.69, 9.17) is 4.42 Å². The molecule has 0 unspecified atom stereocenters. The molecule has 1 heterocycles. The topological polar surface area (TPSA) is 13.1 Å². The van der Waals surface area contributed by atoms with Crippen LogP contribution in [-0.4, -0.2) is 0 Å². The number of aryl methyl sites for hydroxylation is 2.